The first-order valence-electron chi connectivity index (χ1n) is 17.8. The van der Waals surface area contributed by atoms with Crippen LogP contribution in [0.3, 0.4) is 0 Å². The van der Waals surface area contributed by atoms with Crippen molar-refractivity contribution in [3.05, 3.63) is 59.8 Å². The molecule has 1 spiro atoms. The van der Waals surface area contributed by atoms with Crippen LogP contribution in [0.4, 0.5) is 0 Å². The lowest BCUT2D eigenvalue weighted by Crippen LogP contribution is -2.59. The Balaban J connectivity index is 2.32. The summed E-state index contributed by atoms with van der Waals surface area (Å²) in [6.45, 7) is 9.66. The predicted octanol–water partition coefficient (Wildman–Crippen LogP) is 7.00. The Morgan fingerprint density at radius 1 is 0.940 bits per heavy atom. The van der Waals surface area contributed by atoms with Gasteiger partial charge in [-0.05, 0) is 57.4 Å². The van der Waals surface area contributed by atoms with Gasteiger partial charge in [0.15, 0.2) is 5.79 Å². The van der Waals surface area contributed by atoms with E-state index in [1.54, 1.807) is 38.2 Å². The summed E-state index contributed by atoms with van der Waals surface area (Å²) in [5.41, 5.74) is 0.359. The smallest absolute Gasteiger partial charge is 0.330 e. The second-order valence-corrected chi connectivity index (χ2v) is 13.7. The summed E-state index contributed by atoms with van der Waals surface area (Å²) in [5, 5.41) is 28.9. The normalized spacial score (nSPS) is 27.5. The third-order valence-electron chi connectivity index (χ3n) is 9.47. The predicted molar refractivity (Wildman–Crippen MR) is 189 cm³/mol. The molecule has 11 nitrogen and oxygen atoms in total. The first-order chi connectivity index (χ1) is 23.6. The third-order valence-corrected chi connectivity index (χ3v) is 9.47. The zero-order valence-electron chi connectivity index (χ0n) is 30.6. The summed E-state index contributed by atoms with van der Waals surface area (Å²) in [7, 11) is 1.30. The van der Waals surface area contributed by atoms with E-state index in [1.807, 2.05) is 13.0 Å². The van der Waals surface area contributed by atoms with E-state index in [-0.39, 0.29) is 30.8 Å². The Morgan fingerprint density at radius 3 is 2.34 bits per heavy atom. The van der Waals surface area contributed by atoms with Gasteiger partial charge in [0.1, 0.15) is 11.7 Å². The second kappa shape index (κ2) is 21.0. The van der Waals surface area contributed by atoms with Crippen molar-refractivity contribution in [2.24, 2.45) is 11.8 Å². The maximum atomic E-state index is 13.0. The van der Waals surface area contributed by atoms with Crippen molar-refractivity contribution in [3.63, 3.8) is 0 Å². The van der Waals surface area contributed by atoms with Crippen LogP contribution in [0.25, 0.3) is 0 Å². The van der Waals surface area contributed by atoms with Gasteiger partial charge in [-0.3, -0.25) is 9.59 Å². The fourth-order valence-electron chi connectivity index (χ4n) is 6.25. The number of methoxy groups -OCH3 is 1. The van der Waals surface area contributed by atoms with Crippen LogP contribution in [0.5, 0.6) is 0 Å². The zero-order chi connectivity index (χ0) is 37.3. The molecule has 0 aromatic heterocycles. The van der Waals surface area contributed by atoms with Crippen molar-refractivity contribution < 1.29 is 53.4 Å². The molecular formula is C39H58O11. The van der Waals surface area contributed by atoms with Crippen LogP contribution in [-0.4, -0.2) is 76.0 Å². The Morgan fingerprint density at radius 2 is 1.68 bits per heavy atom. The van der Waals surface area contributed by atoms with Gasteiger partial charge in [-0.25, -0.2) is 9.59 Å². The number of carboxylic acids is 2. The molecule has 0 saturated carbocycles. The Kier molecular flexibility index (Phi) is 17.9. The van der Waals surface area contributed by atoms with Crippen LogP contribution in [0, 0.1) is 11.8 Å². The third kappa shape index (κ3) is 14.4. The molecule has 2 saturated heterocycles. The summed E-state index contributed by atoms with van der Waals surface area (Å²) in [4.78, 5) is 46.9. The molecule has 0 aromatic rings. The van der Waals surface area contributed by atoms with Gasteiger partial charge < -0.3 is 34.3 Å². The number of esters is 2. The van der Waals surface area contributed by atoms with E-state index in [0.717, 1.165) is 43.8 Å². The highest BCUT2D eigenvalue weighted by Gasteiger charge is 2.54. The van der Waals surface area contributed by atoms with Gasteiger partial charge in [0.2, 0.25) is 0 Å². The van der Waals surface area contributed by atoms with Gasteiger partial charge >= 0.3 is 23.9 Å². The molecule has 1 unspecified atom stereocenters. The van der Waals surface area contributed by atoms with Gasteiger partial charge in [-0.15, -0.1) is 0 Å². The van der Waals surface area contributed by atoms with Gasteiger partial charge in [-0.1, -0.05) is 82.1 Å². The summed E-state index contributed by atoms with van der Waals surface area (Å²) in [6.07, 6.45) is 17.9. The number of allylic oxidation sites excluding steroid dienone is 4. The molecule has 0 bridgehead atoms. The highest BCUT2D eigenvalue weighted by molar-refractivity contribution is 5.82. The number of carboxylic acid groups (broad SMARTS) is 2. The van der Waals surface area contributed by atoms with E-state index >= 15 is 0 Å². The molecule has 0 radical (unpaired) electrons. The van der Waals surface area contributed by atoms with Crippen LogP contribution in [0.2, 0.25) is 0 Å². The largest absolute Gasteiger partial charge is 0.481 e. The molecule has 11 heteroatoms. The second-order valence-electron chi connectivity index (χ2n) is 13.7. The van der Waals surface area contributed by atoms with Crippen LogP contribution < -0.4 is 0 Å². The van der Waals surface area contributed by atoms with Crippen molar-refractivity contribution in [2.75, 3.05) is 7.11 Å². The number of aliphatic hydroxyl groups excluding tert-OH is 1. The van der Waals surface area contributed by atoms with Crippen LogP contribution >= 0.6 is 0 Å². The number of carbonyl (C=O) groups excluding carboxylic acids is 2. The van der Waals surface area contributed by atoms with Crippen LogP contribution in [0.1, 0.15) is 112 Å². The van der Waals surface area contributed by atoms with E-state index in [1.165, 1.54) is 13.2 Å². The van der Waals surface area contributed by atoms with E-state index in [0.29, 0.717) is 37.7 Å². The summed E-state index contributed by atoms with van der Waals surface area (Å²) in [5.74, 6) is -4.26. The topological polar surface area (TPSA) is 166 Å². The zero-order valence-corrected chi connectivity index (χ0v) is 30.6. The van der Waals surface area contributed by atoms with E-state index < -0.39 is 47.5 Å². The Bertz CT molecular complexity index is 1290. The van der Waals surface area contributed by atoms with Gasteiger partial charge in [-0.2, -0.15) is 0 Å². The molecule has 0 aliphatic carbocycles. The molecule has 0 aromatic carbocycles. The van der Waals surface area contributed by atoms with Crippen molar-refractivity contribution in [1.29, 1.82) is 0 Å². The first-order valence-corrected chi connectivity index (χ1v) is 17.8. The molecule has 2 heterocycles. The van der Waals surface area contributed by atoms with Crippen molar-refractivity contribution in [1.82, 2.24) is 0 Å². The van der Waals surface area contributed by atoms with Crippen molar-refractivity contribution in [3.8, 4) is 0 Å². The number of aliphatic hydroxyl groups is 1. The molecule has 280 valence electrons. The summed E-state index contributed by atoms with van der Waals surface area (Å²) >= 11 is 0. The molecule has 2 rings (SSSR count). The van der Waals surface area contributed by atoms with Gasteiger partial charge in [0, 0.05) is 30.9 Å². The number of hydrogen-bond donors (Lipinski definition) is 3. The first kappa shape index (κ1) is 42.6. The molecule has 7 atom stereocenters. The number of ether oxygens (including phenoxy) is 4. The number of rotatable bonds is 19. The minimum absolute atomic E-state index is 0.174. The van der Waals surface area contributed by atoms with Crippen molar-refractivity contribution >= 4 is 23.9 Å². The SMILES string of the molecule is CCCCCC[C@@]1(OC(=O)CCC(=O)O)CC[C@]2(CC[C@H](C)C(C/C=C(C)/C=C/[C@H](O)[C@@H](C)/C=C/C(=O)OC)O2)O[C@H]1/C=C/C(C)=C/C(=O)O. The van der Waals surface area contributed by atoms with Crippen molar-refractivity contribution in [2.45, 2.75) is 141 Å². The number of carbonyl (C=O) groups is 4. The molecule has 3 N–H and O–H groups in total. The van der Waals surface area contributed by atoms with E-state index in [4.69, 9.17) is 19.3 Å². The molecule has 0 amide bonds. The maximum absolute atomic E-state index is 13.0. The molecule has 50 heavy (non-hydrogen) atoms. The average molecular weight is 703 g/mol. The minimum Gasteiger partial charge on any atom is -0.481 e. The average Bonchev–Trinajstić information content (AvgIpc) is 3.07. The summed E-state index contributed by atoms with van der Waals surface area (Å²) < 4.78 is 24.4. The lowest BCUT2D eigenvalue weighted by atomic mass is 9.78. The van der Waals surface area contributed by atoms with E-state index in [9.17, 15) is 29.4 Å². The fourth-order valence-corrected chi connectivity index (χ4v) is 6.25. The summed E-state index contributed by atoms with van der Waals surface area (Å²) in [6, 6.07) is 0. The maximum Gasteiger partial charge on any atom is 0.330 e. The molecular weight excluding hydrogens is 644 g/mol. The van der Waals surface area contributed by atoms with Crippen LogP contribution in [0.15, 0.2) is 59.8 Å². The Hall–Kier alpha value is -3.54. The molecule has 2 fully saturated rings. The minimum atomic E-state index is -1.09. The number of unbranched alkanes of at least 4 members (excludes halogenated alkanes) is 3. The molecule has 2 aliphatic heterocycles. The standard InChI is InChI=1S/C39H58O11/c1-7-8-9-10-22-38(50-37(46)20-18-34(41)42)24-25-39(49-33(38)17-13-28(3)26-35(43)44)23-21-30(5)32(48-39)16-12-27(2)11-15-31(40)29(4)14-19-36(45)47-6/h11-15,17,19,26,29-33,40H,7-10,16,18,20-25H2,1-6H3,(H,41,42)(H,43,44)/b15-11+,17-13+,19-14+,27-12+,28-26+/t29-,30-,31-,32?,33-,38+,39-/m0/s1. The number of hydrogen-bond acceptors (Lipinski definition) is 9. The Labute approximate surface area is 297 Å². The number of aliphatic carboxylic acids is 2. The lowest BCUT2D eigenvalue weighted by Gasteiger charge is -2.53. The van der Waals surface area contributed by atoms with Gasteiger partial charge in [0.25, 0.3) is 0 Å². The van der Waals surface area contributed by atoms with Crippen LogP contribution in [-0.2, 0) is 38.1 Å². The monoisotopic (exact) mass is 702 g/mol. The fraction of sp³-hybridized carbons (Fsp3) is 0.641. The molecule has 2 aliphatic rings. The van der Waals surface area contributed by atoms with E-state index in [2.05, 4.69) is 24.7 Å². The highest BCUT2D eigenvalue weighted by Crippen LogP contribution is 2.48. The lowest BCUT2D eigenvalue weighted by molar-refractivity contribution is -0.344. The van der Waals surface area contributed by atoms with Gasteiger partial charge in [0.05, 0.1) is 32.2 Å². The quantitative estimate of drug-likeness (QED) is 0.0549. The highest BCUT2D eigenvalue weighted by atomic mass is 16.7.